The molecular formula is C12H17NO. The normalized spacial score (nSPS) is 20.6. The molecule has 0 heterocycles. The lowest BCUT2D eigenvalue weighted by atomic mass is 9.77. The van der Waals surface area contributed by atoms with Gasteiger partial charge in [0.15, 0.2) is 0 Å². The van der Waals surface area contributed by atoms with E-state index in [-0.39, 0.29) is 5.54 Å². The third kappa shape index (κ3) is 1.68. The SMILES string of the molecule is ONC1(c2ccccc2)CCCCC1. The molecule has 0 aliphatic heterocycles. The molecule has 76 valence electrons. The lowest BCUT2D eigenvalue weighted by Gasteiger charge is -2.36. The molecule has 1 aliphatic carbocycles. The first-order chi connectivity index (χ1) is 6.87. The van der Waals surface area contributed by atoms with E-state index in [1.54, 1.807) is 0 Å². The van der Waals surface area contributed by atoms with Crippen LogP contribution in [0.25, 0.3) is 0 Å². The van der Waals surface area contributed by atoms with E-state index < -0.39 is 0 Å². The molecule has 2 heteroatoms. The predicted molar refractivity (Wildman–Crippen MR) is 56.1 cm³/mol. The van der Waals surface area contributed by atoms with Crippen LogP contribution in [0.1, 0.15) is 37.7 Å². The molecule has 1 aromatic carbocycles. The van der Waals surface area contributed by atoms with Crippen molar-refractivity contribution in [2.24, 2.45) is 0 Å². The van der Waals surface area contributed by atoms with Gasteiger partial charge >= 0.3 is 0 Å². The standard InChI is InChI=1S/C12H17NO/c14-13-12(9-5-2-6-10-12)11-7-3-1-4-8-11/h1,3-4,7-8,13-14H,2,5-6,9-10H2. The lowest BCUT2D eigenvalue weighted by Crippen LogP contribution is -2.42. The minimum atomic E-state index is -0.181. The van der Waals surface area contributed by atoms with Crippen LogP contribution in [-0.4, -0.2) is 5.21 Å². The minimum absolute atomic E-state index is 0.181. The van der Waals surface area contributed by atoms with E-state index in [9.17, 15) is 5.21 Å². The quantitative estimate of drug-likeness (QED) is 0.704. The van der Waals surface area contributed by atoms with E-state index >= 15 is 0 Å². The van der Waals surface area contributed by atoms with Gasteiger partial charge in [-0.25, -0.2) is 0 Å². The number of hydroxylamine groups is 1. The molecule has 14 heavy (non-hydrogen) atoms. The topological polar surface area (TPSA) is 32.3 Å². The summed E-state index contributed by atoms with van der Waals surface area (Å²) in [4.78, 5) is 0. The molecule has 0 atom stereocenters. The van der Waals surface area contributed by atoms with Crippen molar-refractivity contribution in [3.63, 3.8) is 0 Å². The monoisotopic (exact) mass is 191 g/mol. The fourth-order valence-corrected chi connectivity index (χ4v) is 2.38. The molecule has 0 saturated heterocycles. The van der Waals surface area contributed by atoms with Crippen LogP contribution in [0.3, 0.4) is 0 Å². The average molecular weight is 191 g/mol. The Morgan fingerprint density at radius 1 is 1.00 bits per heavy atom. The molecule has 2 nitrogen and oxygen atoms in total. The molecule has 1 fully saturated rings. The Balaban J connectivity index is 2.27. The van der Waals surface area contributed by atoms with Crippen LogP contribution in [0.2, 0.25) is 0 Å². The smallest absolute Gasteiger partial charge is 0.0678 e. The van der Waals surface area contributed by atoms with Crippen LogP contribution in [0.5, 0.6) is 0 Å². The van der Waals surface area contributed by atoms with Gasteiger partial charge in [-0.3, -0.25) is 0 Å². The minimum Gasteiger partial charge on any atom is -0.316 e. The maximum atomic E-state index is 9.34. The van der Waals surface area contributed by atoms with Crippen LogP contribution in [-0.2, 0) is 5.54 Å². The van der Waals surface area contributed by atoms with E-state index in [1.165, 1.54) is 24.8 Å². The Hall–Kier alpha value is -0.860. The van der Waals surface area contributed by atoms with E-state index in [2.05, 4.69) is 17.6 Å². The maximum Gasteiger partial charge on any atom is 0.0678 e. The Morgan fingerprint density at radius 3 is 2.21 bits per heavy atom. The molecule has 1 aromatic rings. The molecule has 0 spiro atoms. The van der Waals surface area contributed by atoms with Crippen molar-refractivity contribution < 1.29 is 5.21 Å². The molecule has 0 bridgehead atoms. The molecule has 0 amide bonds. The largest absolute Gasteiger partial charge is 0.316 e. The lowest BCUT2D eigenvalue weighted by molar-refractivity contribution is 0.0341. The fourth-order valence-electron chi connectivity index (χ4n) is 2.38. The Labute approximate surface area is 84.9 Å². The van der Waals surface area contributed by atoms with Gasteiger partial charge in [-0.15, -0.1) is 0 Å². The summed E-state index contributed by atoms with van der Waals surface area (Å²) in [5.74, 6) is 0. The van der Waals surface area contributed by atoms with Crippen LogP contribution >= 0.6 is 0 Å². The molecule has 0 radical (unpaired) electrons. The van der Waals surface area contributed by atoms with Gasteiger partial charge in [-0.1, -0.05) is 49.6 Å². The first-order valence-electron chi connectivity index (χ1n) is 5.34. The highest BCUT2D eigenvalue weighted by atomic mass is 16.5. The zero-order valence-corrected chi connectivity index (χ0v) is 8.37. The highest BCUT2D eigenvalue weighted by molar-refractivity contribution is 5.24. The van der Waals surface area contributed by atoms with Crippen molar-refractivity contribution in [1.82, 2.24) is 5.48 Å². The summed E-state index contributed by atoms with van der Waals surface area (Å²) in [6.45, 7) is 0. The van der Waals surface area contributed by atoms with E-state index in [4.69, 9.17) is 0 Å². The number of benzene rings is 1. The molecule has 0 unspecified atom stereocenters. The third-order valence-corrected chi connectivity index (χ3v) is 3.25. The maximum absolute atomic E-state index is 9.34. The van der Waals surface area contributed by atoms with Gasteiger partial charge in [0.1, 0.15) is 0 Å². The summed E-state index contributed by atoms with van der Waals surface area (Å²) < 4.78 is 0. The number of nitrogens with one attached hydrogen (secondary N) is 1. The summed E-state index contributed by atoms with van der Waals surface area (Å²) in [6, 6.07) is 10.3. The summed E-state index contributed by atoms with van der Waals surface area (Å²) in [5.41, 5.74) is 3.56. The van der Waals surface area contributed by atoms with Gasteiger partial charge in [0.2, 0.25) is 0 Å². The number of hydrogen-bond acceptors (Lipinski definition) is 2. The highest BCUT2D eigenvalue weighted by Crippen LogP contribution is 2.36. The molecule has 1 saturated carbocycles. The van der Waals surface area contributed by atoms with Crippen LogP contribution in [0.15, 0.2) is 30.3 Å². The first-order valence-corrected chi connectivity index (χ1v) is 5.34. The summed E-state index contributed by atoms with van der Waals surface area (Å²) in [6.07, 6.45) is 5.75. The predicted octanol–water partition coefficient (Wildman–Crippen LogP) is 2.82. The first kappa shape index (κ1) is 9.69. The molecule has 2 N–H and O–H groups in total. The third-order valence-electron chi connectivity index (χ3n) is 3.25. The molecule has 2 rings (SSSR count). The second-order valence-corrected chi connectivity index (χ2v) is 4.12. The van der Waals surface area contributed by atoms with Crippen molar-refractivity contribution in [2.75, 3.05) is 0 Å². The second-order valence-electron chi connectivity index (χ2n) is 4.12. The van der Waals surface area contributed by atoms with Gasteiger partial charge in [0.05, 0.1) is 5.54 Å². The van der Waals surface area contributed by atoms with E-state index in [0.717, 1.165) is 12.8 Å². The van der Waals surface area contributed by atoms with E-state index in [0.29, 0.717) is 0 Å². The molecule has 0 aromatic heterocycles. The Morgan fingerprint density at radius 2 is 1.64 bits per heavy atom. The van der Waals surface area contributed by atoms with Crippen LogP contribution in [0, 0.1) is 0 Å². The second kappa shape index (κ2) is 4.11. The molecule has 1 aliphatic rings. The van der Waals surface area contributed by atoms with Crippen molar-refractivity contribution in [3.8, 4) is 0 Å². The Bertz CT molecular complexity index is 278. The van der Waals surface area contributed by atoms with Gasteiger partial charge in [0, 0.05) is 0 Å². The summed E-state index contributed by atoms with van der Waals surface area (Å²) >= 11 is 0. The zero-order chi connectivity index (χ0) is 9.86. The summed E-state index contributed by atoms with van der Waals surface area (Å²) in [5, 5.41) is 9.34. The zero-order valence-electron chi connectivity index (χ0n) is 8.37. The van der Waals surface area contributed by atoms with Gasteiger partial charge < -0.3 is 5.21 Å². The fraction of sp³-hybridized carbons (Fsp3) is 0.500. The van der Waals surface area contributed by atoms with Gasteiger partial charge in [-0.2, -0.15) is 5.48 Å². The van der Waals surface area contributed by atoms with Crippen LogP contribution < -0.4 is 5.48 Å². The van der Waals surface area contributed by atoms with Crippen molar-refractivity contribution >= 4 is 0 Å². The highest BCUT2D eigenvalue weighted by Gasteiger charge is 2.32. The molecular weight excluding hydrogens is 174 g/mol. The average Bonchev–Trinajstić information content (AvgIpc) is 2.31. The number of hydrogen-bond donors (Lipinski definition) is 2. The van der Waals surface area contributed by atoms with Crippen molar-refractivity contribution in [2.45, 2.75) is 37.6 Å². The van der Waals surface area contributed by atoms with Gasteiger partial charge in [-0.05, 0) is 18.4 Å². The summed E-state index contributed by atoms with van der Waals surface area (Å²) in [7, 11) is 0. The van der Waals surface area contributed by atoms with Gasteiger partial charge in [0.25, 0.3) is 0 Å². The Kier molecular flexibility index (Phi) is 2.85. The van der Waals surface area contributed by atoms with Crippen molar-refractivity contribution in [1.29, 1.82) is 0 Å². The van der Waals surface area contributed by atoms with Crippen molar-refractivity contribution in [3.05, 3.63) is 35.9 Å². The van der Waals surface area contributed by atoms with E-state index in [1.807, 2.05) is 18.2 Å². The van der Waals surface area contributed by atoms with Crippen LogP contribution in [0.4, 0.5) is 0 Å². The number of rotatable bonds is 2.